The molecule has 0 bridgehead atoms. The quantitative estimate of drug-likeness (QED) is 0.250. The van der Waals surface area contributed by atoms with Crippen molar-refractivity contribution in [3.63, 3.8) is 0 Å². The molecule has 2 aliphatic heterocycles. The molecule has 3 aromatic rings. The van der Waals surface area contributed by atoms with Crippen molar-refractivity contribution in [3.05, 3.63) is 70.0 Å². The van der Waals surface area contributed by atoms with E-state index in [1.54, 1.807) is 11.9 Å². The van der Waals surface area contributed by atoms with Gasteiger partial charge >= 0.3 is 182 Å². The molecule has 0 saturated carbocycles. The minimum atomic E-state index is -0.00462. The van der Waals surface area contributed by atoms with E-state index < -0.39 is 0 Å². The van der Waals surface area contributed by atoms with Gasteiger partial charge in [-0.2, -0.15) is 0 Å². The molecule has 1 fully saturated rings. The van der Waals surface area contributed by atoms with Gasteiger partial charge in [0.05, 0.1) is 0 Å². The third-order valence-corrected chi connectivity index (χ3v) is 9.66. The van der Waals surface area contributed by atoms with Crippen LogP contribution in [0.15, 0.2) is 65.6 Å². The van der Waals surface area contributed by atoms with Gasteiger partial charge in [-0.25, -0.2) is 0 Å². The Morgan fingerprint density at radius 2 is 1.64 bits per heavy atom. The second-order valence-corrected chi connectivity index (χ2v) is 11.7. The fourth-order valence-electron chi connectivity index (χ4n) is 3.28. The van der Waals surface area contributed by atoms with E-state index >= 15 is 0 Å². The topological polar surface area (TPSA) is 23.6 Å². The number of anilines is 3. The molecular formula is C21H14N2OS2SeSi. The summed E-state index contributed by atoms with van der Waals surface area (Å²) in [5.74, 6) is -0.00462. The standard InChI is InChI=1S/C21H14N2OS2SeSi/c1-22-20(24)16(26-21(22)25)12-13-10-11-19(27-13)23-14-6-2-4-8-17(14)28-18-9-5-3-7-15(18)23/h2-12H,1H3/b16-12+. The Morgan fingerprint density at radius 3 is 2.25 bits per heavy atom. The molecule has 2 radical (unpaired) electrons. The average Bonchev–Trinajstić information content (AvgIpc) is 3.26. The van der Waals surface area contributed by atoms with E-state index in [1.165, 1.54) is 42.5 Å². The van der Waals surface area contributed by atoms with Crippen LogP contribution in [0.5, 0.6) is 0 Å². The predicted molar refractivity (Wildman–Crippen MR) is 124 cm³/mol. The van der Waals surface area contributed by atoms with Crippen molar-refractivity contribution in [1.82, 2.24) is 4.90 Å². The normalized spacial score (nSPS) is 17.2. The number of para-hydroxylation sites is 2. The number of carbonyl (C=O) groups excluding carboxylic acids is 1. The van der Waals surface area contributed by atoms with E-state index in [0.29, 0.717) is 13.8 Å². The number of thiocarbonyl (C=S) groups is 1. The SMILES string of the molecule is CN1C(=O)/C(=C\c2ccc(N3c4ccccc4[Si]c4ccccc43)[se]2)SC1=S. The number of amides is 1. The molecule has 1 saturated heterocycles. The van der Waals surface area contributed by atoms with Crippen LogP contribution in [0.3, 0.4) is 0 Å². The van der Waals surface area contributed by atoms with E-state index in [2.05, 4.69) is 65.6 Å². The third kappa shape index (κ3) is 3.04. The van der Waals surface area contributed by atoms with E-state index in [9.17, 15) is 4.79 Å². The van der Waals surface area contributed by atoms with Gasteiger partial charge in [-0.05, 0) is 0 Å². The van der Waals surface area contributed by atoms with Crippen LogP contribution in [0.1, 0.15) is 4.44 Å². The number of thioether (sulfide) groups is 1. The summed E-state index contributed by atoms with van der Waals surface area (Å²) in [6.07, 6.45) is 2.01. The second-order valence-electron chi connectivity index (χ2n) is 6.41. The number of fused-ring (bicyclic) bond motifs is 2. The van der Waals surface area contributed by atoms with Crippen LogP contribution in [0.2, 0.25) is 0 Å². The van der Waals surface area contributed by atoms with Gasteiger partial charge in [0, 0.05) is 0 Å². The summed E-state index contributed by atoms with van der Waals surface area (Å²) < 4.78 is 3.10. The van der Waals surface area contributed by atoms with Crippen LogP contribution in [-0.4, -0.2) is 46.2 Å². The van der Waals surface area contributed by atoms with Crippen LogP contribution in [-0.2, 0) is 4.79 Å². The zero-order valence-corrected chi connectivity index (χ0v) is 19.2. The van der Waals surface area contributed by atoms with Gasteiger partial charge in [-0.3, -0.25) is 0 Å². The van der Waals surface area contributed by atoms with E-state index in [0.717, 1.165) is 4.91 Å². The maximum absolute atomic E-state index is 12.3. The fourth-order valence-corrected chi connectivity index (χ4v) is 7.96. The Morgan fingerprint density at radius 1 is 1.00 bits per heavy atom. The third-order valence-electron chi connectivity index (χ3n) is 4.65. The van der Waals surface area contributed by atoms with Crippen LogP contribution < -0.4 is 15.3 Å². The summed E-state index contributed by atoms with van der Waals surface area (Å²) >= 11 is 6.75. The van der Waals surface area contributed by atoms with Gasteiger partial charge in [0.2, 0.25) is 0 Å². The Hall–Kier alpha value is -1.89. The number of carbonyl (C=O) groups is 1. The molecule has 2 aromatic carbocycles. The molecule has 5 rings (SSSR count). The zero-order valence-electron chi connectivity index (χ0n) is 14.9. The summed E-state index contributed by atoms with van der Waals surface area (Å²) in [5.41, 5.74) is 2.53. The Kier molecular flexibility index (Phi) is 4.65. The predicted octanol–water partition coefficient (Wildman–Crippen LogP) is 3.01. The molecular weight excluding hydrogens is 467 g/mol. The number of likely N-dealkylation sites (N-methyl/N-ethyl adjacent to an activating group) is 1. The summed E-state index contributed by atoms with van der Waals surface area (Å²) in [4.78, 5) is 17.0. The molecule has 0 spiro atoms. The molecule has 0 N–H and O–H groups in total. The van der Waals surface area contributed by atoms with Crippen molar-refractivity contribution >= 4 is 90.6 Å². The second kappa shape index (κ2) is 7.17. The maximum atomic E-state index is 12.3. The van der Waals surface area contributed by atoms with Gasteiger partial charge in [-0.1, -0.05) is 0 Å². The number of rotatable bonds is 2. The average molecular weight is 482 g/mol. The van der Waals surface area contributed by atoms with E-state index in [4.69, 9.17) is 12.2 Å². The van der Waals surface area contributed by atoms with Crippen molar-refractivity contribution in [1.29, 1.82) is 0 Å². The van der Waals surface area contributed by atoms with Gasteiger partial charge in [-0.15, -0.1) is 0 Å². The molecule has 0 aliphatic carbocycles. The molecule has 136 valence electrons. The molecule has 28 heavy (non-hydrogen) atoms. The Bertz CT molecular complexity index is 1110. The summed E-state index contributed by atoms with van der Waals surface area (Å²) in [5, 5.41) is 2.75. The number of nitrogens with zero attached hydrogens (tertiary/aromatic N) is 2. The van der Waals surface area contributed by atoms with Gasteiger partial charge in [0.1, 0.15) is 0 Å². The monoisotopic (exact) mass is 482 g/mol. The Balaban J connectivity index is 1.57. The summed E-state index contributed by atoms with van der Waals surface area (Å²) in [7, 11) is 2.41. The Labute approximate surface area is 181 Å². The number of benzene rings is 2. The first-order chi connectivity index (χ1) is 13.6. The summed E-state index contributed by atoms with van der Waals surface area (Å²) in [6.45, 7) is 0. The van der Waals surface area contributed by atoms with Crippen molar-refractivity contribution in [2.75, 3.05) is 11.9 Å². The van der Waals surface area contributed by atoms with E-state index in [1.807, 2.05) is 6.08 Å². The molecule has 3 heterocycles. The van der Waals surface area contributed by atoms with Crippen LogP contribution in [0.4, 0.5) is 15.9 Å². The van der Waals surface area contributed by atoms with Crippen molar-refractivity contribution < 1.29 is 4.79 Å². The minimum absolute atomic E-state index is 0.00462. The fraction of sp³-hybridized carbons (Fsp3) is 0.0476. The number of hydrogen-bond acceptors (Lipinski definition) is 4. The van der Waals surface area contributed by atoms with Gasteiger partial charge in [0.15, 0.2) is 0 Å². The number of hydrogen-bond donors (Lipinski definition) is 0. The van der Waals surface area contributed by atoms with Gasteiger partial charge < -0.3 is 0 Å². The van der Waals surface area contributed by atoms with Crippen LogP contribution >= 0.6 is 24.0 Å². The molecule has 2 aliphatic rings. The van der Waals surface area contributed by atoms with Crippen molar-refractivity contribution in [2.45, 2.75) is 0 Å². The molecule has 0 atom stereocenters. The molecule has 1 amide bonds. The first kappa shape index (κ1) is 18.2. The molecule has 1 aromatic heterocycles. The van der Waals surface area contributed by atoms with Crippen molar-refractivity contribution in [2.24, 2.45) is 0 Å². The summed E-state index contributed by atoms with van der Waals surface area (Å²) in [6, 6.07) is 21.6. The van der Waals surface area contributed by atoms with E-state index in [-0.39, 0.29) is 20.4 Å². The molecule has 3 nitrogen and oxygen atoms in total. The van der Waals surface area contributed by atoms with Crippen LogP contribution in [0.25, 0.3) is 6.08 Å². The van der Waals surface area contributed by atoms with Crippen LogP contribution in [0, 0.1) is 0 Å². The van der Waals surface area contributed by atoms with Crippen molar-refractivity contribution in [3.8, 4) is 0 Å². The van der Waals surface area contributed by atoms with Gasteiger partial charge in [0.25, 0.3) is 0 Å². The molecule has 7 heteroatoms. The zero-order chi connectivity index (χ0) is 19.3. The first-order valence-electron chi connectivity index (χ1n) is 8.68. The molecule has 0 unspecified atom stereocenters. The first-order valence-corrected chi connectivity index (χ1v) is 12.6.